The minimum Gasteiger partial charge on any atom is -0.480 e. The average molecular weight is 258 g/mol. The standard InChI is InChI=1S/2C6H11NO2/c2*7-6(5(8)9)3-1-2-4-6/h2*1-4,7H2,(H,8,9). The summed E-state index contributed by atoms with van der Waals surface area (Å²) in [5, 5.41) is 17.1. The van der Waals surface area contributed by atoms with Crippen LogP contribution in [-0.2, 0) is 9.59 Å². The van der Waals surface area contributed by atoms with E-state index in [1.54, 1.807) is 0 Å². The molecule has 2 fully saturated rings. The Labute approximate surface area is 106 Å². The van der Waals surface area contributed by atoms with Crippen molar-refractivity contribution in [2.45, 2.75) is 62.4 Å². The van der Waals surface area contributed by atoms with Gasteiger partial charge in [0.2, 0.25) is 0 Å². The number of carboxylic acid groups (broad SMARTS) is 2. The predicted octanol–water partition coefficient (Wildman–Crippen LogP) is 0.685. The van der Waals surface area contributed by atoms with Crippen LogP contribution in [0.4, 0.5) is 0 Å². The molecular weight excluding hydrogens is 236 g/mol. The highest BCUT2D eigenvalue weighted by molar-refractivity contribution is 5.79. The second-order valence-electron chi connectivity index (χ2n) is 5.34. The van der Waals surface area contributed by atoms with Gasteiger partial charge in [0.1, 0.15) is 11.1 Å². The van der Waals surface area contributed by atoms with E-state index >= 15 is 0 Å². The third kappa shape index (κ3) is 3.43. The predicted molar refractivity (Wildman–Crippen MR) is 66.0 cm³/mol. The zero-order chi connectivity index (χ0) is 13.8. The molecule has 0 amide bonds. The third-order valence-corrected chi connectivity index (χ3v) is 3.84. The smallest absolute Gasteiger partial charge is 0.323 e. The summed E-state index contributed by atoms with van der Waals surface area (Å²) in [6.45, 7) is 0. The zero-order valence-electron chi connectivity index (χ0n) is 10.5. The summed E-state index contributed by atoms with van der Waals surface area (Å²) in [6, 6.07) is 0. The van der Waals surface area contributed by atoms with Crippen LogP contribution in [0.15, 0.2) is 0 Å². The van der Waals surface area contributed by atoms with Gasteiger partial charge in [0, 0.05) is 0 Å². The summed E-state index contributed by atoms with van der Waals surface area (Å²) in [5.74, 6) is -1.69. The van der Waals surface area contributed by atoms with E-state index < -0.39 is 23.0 Å². The van der Waals surface area contributed by atoms with Crippen LogP contribution in [-0.4, -0.2) is 33.2 Å². The van der Waals surface area contributed by atoms with E-state index in [4.69, 9.17) is 21.7 Å². The minimum atomic E-state index is -0.889. The first-order chi connectivity index (χ1) is 8.30. The lowest BCUT2D eigenvalue weighted by molar-refractivity contribution is -0.143. The Morgan fingerprint density at radius 1 is 0.722 bits per heavy atom. The van der Waals surface area contributed by atoms with E-state index in [0.717, 1.165) is 25.7 Å². The molecule has 18 heavy (non-hydrogen) atoms. The van der Waals surface area contributed by atoms with Crippen molar-refractivity contribution in [1.82, 2.24) is 0 Å². The number of hydrogen-bond acceptors (Lipinski definition) is 4. The van der Waals surface area contributed by atoms with Crippen molar-refractivity contribution in [3.63, 3.8) is 0 Å². The topological polar surface area (TPSA) is 127 Å². The highest BCUT2D eigenvalue weighted by Gasteiger charge is 2.37. The largest absolute Gasteiger partial charge is 0.480 e. The molecule has 0 aliphatic heterocycles. The molecule has 6 nitrogen and oxygen atoms in total. The summed E-state index contributed by atoms with van der Waals surface area (Å²) < 4.78 is 0. The van der Waals surface area contributed by atoms with Crippen LogP contribution in [0, 0.1) is 0 Å². The zero-order valence-corrected chi connectivity index (χ0v) is 10.5. The van der Waals surface area contributed by atoms with Gasteiger partial charge in [-0.15, -0.1) is 0 Å². The molecule has 2 rings (SSSR count). The first-order valence-corrected chi connectivity index (χ1v) is 6.35. The Hall–Kier alpha value is -1.14. The van der Waals surface area contributed by atoms with Gasteiger partial charge in [-0.1, -0.05) is 25.7 Å². The van der Waals surface area contributed by atoms with Gasteiger partial charge in [0.15, 0.2) is 0 Å². The molecule has 6 N–H and O–H groups in total. The molecule has 0 aromatic heterocycles. The van der Waals surface area contributed by atoms with E-state index in [9.17, 15) is 9.59 Å². The molecule has 0 atom stereocenters. The van der Waals surface area contributed by atoms with Crippen LogP contribution >= 0.6 is 0 Å². The fraction of sp³-hybridized carbons (Fsp3) is 0.833. The summed E-state index contributed by atoms with van der Waals surface area (Å²) >= 11 is 0. The van der Waals surface area contributed by atoms with Gasteiger partial charge >= 0.3 is 11.9 Å². The lowest BCUT2D eigenvalue weighted by Gasteiger charge is -2.15. The average Bonchev–Trinajstić information content (AvgIpc) is 2.90. The first kappa shape index (κ1) is 14.9. The van der Waals surface area contributed by atoms with Gasteiger partial charge < -0.3 is 21.7 Å². The second kappa shape index (κ2) is 5.67. The molecule has 0 saturated heterocycles. The lowest BCUT2D eigenvalue weighted by atomic mass is 10.0. The molecule has 0 heterocycles. The molecule has 2 aliphatic rings. The number of rotatable bonds is 2. The summed E-state index contributed by atoms with van der Waals surface area (Å²) in [6.07, 6.45) is 6.41. The normalized spacial score (nSPS) is 24.1. The number of carbonyl (C=O) groups is 2. The summed E-state index contributed by atoms with van der Waals surface area (Å²) in [5.41, 5.74) is 9.23. The number of aliphatic carboxylic acids is 2. The van der Waals surface area contributed by atoms with Gasteiger partial charge in [0.25, 0.3) is 0 Å². The SMILES string of the molecule is NC1(C(=O)O)CCCC1.NC1(C(=O)O)CCCC1. The number of carboxylic acids is 2. The maximum atomic E-state index is 10.4. The van der Waals surface area contributed by atoms with Gasteiger partial charge in [-0.2, -0.15) is 0 Å². The number of hydrogen-bond donors (Lipinski definition) is 4. The van der Waals surface area contributed by atoms with Gasteiger partial charge in [0.05, 0.1) is 0 Å². The molecule has 0 radical (unpaired) electrons. The maximum absolute atomic E-state index is 10.4. The van der Waals surface area contributed by atoms with E-state index in [-0.39, 0.29) is 0 Å². The van der Waals surface area contributed by atoms with Crippen LogP contribution in [0.3, 0.4) is 0 Å². The molecular formula is C12H22N2O4. The molecule has 2 saturated carbocycles. The van der Waals surface area contributed by atoms with Crippen molar-refractivity contribution in [2.24, 2.45) is 11.5 Å². The third-order valence-electron chi connectivity index (χ3n) is 3.84. The van der Waals surface area contributed by atoms with Crippen LogP contribution in [0.2, 0.25) is 0 Å². The molecule has 104 valence electrons. The van der Waals surface area contributed by atoms with Gasteiger partial charge in [-0.05, 0) is 25.7 Å². The Balaban J connectivity index is 0.000000180. The second-order valence-corrected chi connectivity index (χ2v) is 5.34. The van der Waals surface area contributed by atoms with Crippen molar-refractivity contribution in [3.8, 4) is 0 Å². The quantitative estimate of drug-likeness (QED) is 0.577. The Morgan fingerprint density at radius 3 is 1.06 bits per heavy atom. The highest BCUT2D eigenvalue weighted by Crippen LogP contribution is 2.27. The molecule has 2 aliphatic carbocycles. The molecule has 0 bridgehead atoms. The molecule has 6 heteroatoms. The van der Waals surface area contributed by atoms with Crippen LogP contribution in [0.1, 0.15) is 51.4 Å². The fourth-order valence-electron chi connectivity index (χ4n) is 2.44. The fourth-order valence-corrected chi connectivity index (χ4v) is 2.44. The van der Waals surface area contributed by atoms with Gasteiger partial charge in [-0.3, -0.25) is 9.59 Å². The minimum absolute atomic E-state index is 0.641. The van der Waals surface area contributed by atoms with E-state index in [2.05, 4.69) is 0 Å². The Kier molecular flexibility index (Phi) is 4.70. The van der Waals surface area contributed by atoms with Crippen LogP contribution in [0.5, 0.6) is 0 Å². The molecule has 0 spiro atoms. The van der Waals surface area contributed by atoms with Crippen LogP contribution < -0.4 is 11.5 Å². The van der Waals surface area contributed by atoms with Crippen molar-refractivity contribution in [1.29, 1.82) is 0 Å². The van der Waals surface area contributed by atoms with Crippen molar-refractivity contribution in [2.75, 3.05) is 0 Å². The van der Waals surface area contributed by atoms with Crippen molar-refractivity contribution in [3.05, 3.63) is 0 Å². The highest BCUT2D eigenvalue weighted by atomic mass is 16.4. The van der Waals surface area contributed by atoms with Crippen LogP contribution in [0.25, 0.3) is 0 Å². The molecule has 0 aromatic rings. The summed E-state index contributed by atoms with van der Waals surface area (Å²) in [4.78, 5) is 20.8. The van der Waals surface area contributed by atoms with E-state index in [0.29, 0.717) is 25.7 Å². The van der Waals surface area contributed by atoms with Crippen molar-refractivity contribution < 1.29 is 19.8 Å². The lowest BCUT2D eigenvalue weighted by Crippen LogP contribution is -2.44. The van der Waals surface area contributed by atoms with E-state index in [1.165, 1.54) is 0 Å². The Morgan fingerprint density at radius 2 is 0.944 bits per heavy atom. The summed E-state index contributed by atoms with van der Waals surface area (Å²) in [7, 11) is 0. The van der Waals surface area contributed by atoms with E-state index in [1.807, 2.05) is 0 Å². The molecule has 0 unspecified atom stereocenters. The maximum Gasteiger partial charge on any atom is 0.323 e. The first-order valence-electron chi connectivity index (χ1n) is 6.35. The molecule has 0 aromatic carbocycles. The van der Waals surface area contributed by atoms with Gasteiger partial charge in [-0.25, -0.2) is 0 Å². The Bertz CT molecular complexity index is 286. The monoisotopic (exact) mass is 258 g/mol. The number of nitrogens with two attached hydrogens (primary N) is 2. The van der Waals surface area contributed by atoms with Crippen molar-refractivity contribution >= 4 is 11.9 Å².